The number of anilines is 1. The average molecular weight is 330 g/mol. The molecule has 2 heterocycles. The molecule has 0 unspecified atom stereocenters. The van der Waals surface area contributed by atoms with Crippen molar-refractivity contribution in [2.45, 2.75) is 11.4 Å². The average Bonchev–Trinajstić information content (AvgIpc) is 3.21. The summed E-state index contributed by atoms with van der Waals surface area (Å²) in [4.78, 5) is 1.25. The summed E-state index contributed by atoms with van der Waals surface area (Å²) in [5.41, 5.74) is 3.50. The number of furan rings is 1. The maximum Gasteiger partial charge on any atom is 0.135 e. The van der Waals surface area contributed by atoms with Crippen LogP contribution in [0.3, 0.4) is 0 Å². The lowest BCUT2D eigenvalue weighted by Gasteiger charge is -2.20. The maximum atomic E-state index is 5.62. The molecule has 1 aromatic carbocycles. The minimum atomic E-state index is 0.843. The Morgan fingerprint density at radius 3 is 2.86 bits per heavy atom. The van der Waals surface area contributed by atoms with Crippen LogP contribution in [-0.2, 0) is 6.54 Å². The Hall–Kier alpha value is -1.69. The second-order valence-corrected chi connectivity index (χ2v) is 6.89. The molecule has 2 aromatic heterocycles. The first kappa shape index (κ1) is 15.2. The van der Waals surface area contributed by atoms with Crippen molar-refractivity contribution in [3.8, 4) is 11.3 Å². The lowest BCUT2D eigenvalue weighted by atomic mass is 10.1. The predicted molar refractivity (Wildman–Crippen MR) is 95.5 cm³/mol. The lowest BCUT2D eigenvalue weighted by Crippen LogP contribution is -2.09. The van der Waals surface area contributed by atoms with Crippen molar-refractivity contribution in [2.24, 2.45) is 0 Å². The Bertz CT molecular complexity index is 708. The Kier molecular flexibility index (Phi) is 4.87. The molecular formula is C17H18N2OS2. The Labute approximate surface area is 139 Å². The molecule has 3 aromatic rings. The van der Waals surface area contributed by atoms with E-state index in [0.29, 0.717) is 0 Å². The van der Waals surface area contributed by atoms with Crippen LogP contribution in [0.5, 0.6) is 0 Å². The number of hydrogen-bond donors (Lipinski definition) is 1. The highest BCUT2D eigenvalue weighted by Crippen LogP contribution is 2.37. The van der Waals surface area contributed by atoms with E-state index in [1.807, 2.05) is 19.2 Å². The first-order valence-electron chi connectivity index (χ1n) is 7.03. The van der Waals surface area contributed by atoms with Crippen molar-refractivity contribution < 1.29 is 4.42 Å². The van der Waals surface area contributed by atoms with Gasteiger partial charge in [-0.05, 0) is 60.3 Å². The van der Waals surface area contributed by atoms with Gasteiger partial charge in [-0.3, -0.25) is 0 Å². The van der Waals surface area contributed by atoms with Crippen molar-refractivity contribution in [1.82, 2.24) is 5.32 Å². The van der Waals surface area contributed by atoms with Gasteiger partial charge < -0.3 is 14.0 Å². The molecule has 114 valence electrons. The van der Waals surface area contributed by atoms with Crippen LogP contribution in [0.25, 0.3) is 11.3 Å². The van der Waals surface area contributed by atoms with E-state index in [4.69, 9.17) is 4.42 Å². The molecular weight excluding hydrogens is 312 g/mol. The summed E-state index contributed by atoms with van der Waals surface area (Å²) in [7, 11) is 4.04. The fourth-order valence-electron chi connectivity index (χ4n) is 2.31. The van der Waals surface area contributed by atoms with Crippen LogP contribution in [0, 0.1) is 0 Å². The fourth-order valence-corrected chi connectivity index (χ4v) is 3.96. The van der Waals surface area contributed by atoms with E-state index in [0.717, 1.165) is 23.6 Å². The normalized spacial score (nSPS) is 10.8. The van der Waals surface area contributed by atoms with Gasteiger partial charge in [0.2, 0.25) is 0 Å². The van der Waals surface area contributed by atoms with E-state index in [9.17, 15) is 0 Å². The third-order valence-electron chi connectivity index (χ3n) is 3.31. The van der Waals surface area contributed by atoms with Gasteiger partial charge in [0.1, 0.15) is 5.76 Å². The first-order valence-corrected chi connectivity index (χ1v) is 8.75. The predicted octanol–water partition coefficient (Wildman–Crippen LogP) is 4.87. The van der Waals surface area contributed by atoms with Crippen LogP contribution in [0.1, 0.15) is 5.56 Å². The van der Waals surface area contributed by atoms with Gasteiger partial charge in [-0.1, -0.05) is 6.07 Å². The second-order valence-electron chi connectivity index (χ2n) is 4.91. The Morgan fingerprint density at radius 1 is 1.27 bits per heavy atom. The van der Waals surface area contributed by atoms with Gasteiger partial charge in [0.25, 0.3) is 0 Å². The summed E-state index contributed by atoms with van der Waals surface area (Å²) in [5.74, 6) is 0.894. The number of nitrogens with one attached hydrogen (secondary N) is 1. The minimum Gasteiger partial charge on any atom is -0.464 e. The van der Waals surface area contributed by atoms with Crippen LogP contribution < -0.4 is 9.62 Å². The lowest BCUT2D eigenvalue weighted by molar-refractivity contribution is 0.582. The quantitative estimate of drug-likeness (QED) is 0.653. The Balaban J connectivity index is 1.95. The van der Waals surface area contributed by atoms with Crippen molar-refractivity contribution in [3.05, 3.63) is 59.0 Å². The third-order valence-corrected chi connectivity index (χ3v) is 5.07. The molecule has 3 nitrogen and oxygen atoms in total. The highest BCUT2D eigenvalue weighted by molar-refractivity contribution is 8.00. The van der Waals surface area contributed by atoms with E-state index in [1.54, 1.807) is 29.5 Å². The van der Waals surface area contributed by atoms with E-state index in [1.165, 1.54) is 10.5 Å². The molecule has 0 amide bonds. The van der Waals surface area contributed by atoms with E-state index >= 15 is 0 Å². The van der Waals surface area contributed by atoms with Crippen molar-refractivity contribution >= 4 is 29.0 Å². The molecule has 0 aliphatic carbocycles. The first-order chi connectivity index (χ1) is 10.8. The van der Waals surface area contributed by atoms with Crippen LogP contribution in [0.4, 0.5) is 5.69 Å². The molecule has 5 heteroatoms. The zero-order chi connectivity index (χ0) is 15.4. The highest BCUT2D eigenvalue weighted by Gasteiger charge is 2.13. The number of rotatable bonds is 6. The molecule has 0 fully saturated rings. The molecule has 0 atom stereocenters. The number of benzene rings is 1. The molecule has 0 saturated carbocycles. The Morgan fingerprint density at radius 2 is 2.18 bits per heavy atom. The summed E-state index contributed by atoms with van der Waals surface area (Å²) in [6, 6.07) is 12.6. The van der Waals surface area contributed by atoms with Crippen LogP contribution in [0.15, 0.2) is 62.7 Å². The van der Waals surface area contributed by atoms with E-state index in [-0.39, 0.29) is 0 Å². The molecule has 0 aliphatic rings. The van der Waals surface area contributed by atoms with Crippen molar-refractivity contribution in [2.75, 3.05) is 18.4 Å². The van der Waals surface area contributed by atoms with E-state index in [2.05, 4.69) is 51.7 Å². The number of nitrogens with zero attached hydrogens (tertiary/aromatic N) is 1. The highest BCUT2D eigenvalue weighted by atomic mass is 32.2. The number of thiophene rings is 1. The molecule has 0 radical (unpaired) electrons. The zero-order valence-electron chi connectivity index (χ0n) is 12.6. The molecule has 0 spiro atoms. The molecule has 0 saturated heterocycles. The van der Waals surface area contributed by atoms with Crippen LogP contribution in [-0.4, -0.2) is 14.1 Å². The summed E-state index contributed by atoms with van der Waals surface area (Å²) >= 11 is 3.43. The van der Waals surface area contributed by atoms with Crippen LogP contribution in [0.2, 0.25) is 0 Å². The van der Waals surface area contributed by atoms with Gasteiger partial charge in [-0.25, -0.2) is 0 Å². The standard InChI is InChI=1S/C17H18N2OS2/c1-18-11-13-5-6-16(15(10-13)17-4-3-8-20-17)19(2)22-14-7-9-21-12-14/h3-10,12,18H,11H2,1-2H3. The molecule has 3 rings (SSSR count). The van der Waals surface area contributed by atoms with Gasteiger partial charge in [-0.2, -0.15) is 11.3 Å². The zero-order valence-corrected chi connectivity index (χ0v) is 14.2. The van der Waals surface area contributed by atoms with E-state index < -0.39 is 0 Å². The summed E-state index contributed by atoms with van der Waals surface area (Å²) in [6.07, 6.45) is 1.72. The van der Waals surface area contributed by atoms with Gasteiger partial charge in [0, 0.05) is 29.4 Å². The molecule has 0 bridgehead atoms. The summed E-state index contributed by atoms with van der Waals surface area (Å²) in [6.45, 7) is 0.843. The third kappa shape index (κ3) is 3.38. The summed E-state index contributed by atoms with van der Waals surface area (Å²) < 4.78 is 7.81. The van der Waals surface area contributed by atoms with Crippen molar-refractivity contribution in [1.29, 1.82) is 0 Å². The van der Waals surface area contributed by atoms with Gasteiger partial charge in [0.15, 0.2) is 0 Å². The maximum absolute atomic E-state index is 5.62. The van der Waals surface area contributed by atoms with Gasteiger partial charge in [0.05, 0.1) is 12.0 Å². The largest absolute Gasteiger partial charge is 0.464 e. The fraction of sp³-hybridized carbons (Fsp3) is 0.176. The summed E-state index contributed by atoms with van der Waals surface area (Å²) in [5, 5.41) is 7.45. The van der Waals surface area contributed by atoms with Gasteiger partial charge >= 0.3 is 0 Å². The number of hydrogen-bond acceptors (Lipinski definition) is 5. The van der Waals surface area contributed by atoms with Gasteiger partial charge in [-0.15, -0.1) is 0 Å². The molecule has 0 aliphatic heterocycles. The van der Waals surface area contributed by atoms with Crippen molar-refractivity contribution in [3.63, 3.8) is 0 Å². The molecule has 22 heavy (non-hydrogen) atoms. The monoisotopic (exact) mass is 330 g/mol. The second kappa shape index (κ2) is 7.05. The smallest absolute Gasteiger partial charge is 0.135 e. The topological polar surface area (TPSA) is 28.4 Å². The molecule has 1 N–H and O–H groups in total. The minimum absolute atomic E-state index is 0.843. The SMILES string of the molecule is CNCc1ccc(N(C)Sc2ccsc2)c(-c2ccco2)c1. The van der Waals surface area contributed by atoms with Crippen LogP contribution >= 0.6 is 23.3 Å².